The molecule has 0 aliphatic heterocycles. The number of halogens is 2. The van der Waals surface area contributed by atoms with Crippen LogP contribution in [0.25, 0.3) is 0 Å². The monoisotopic (exact) mass is 367 g/mol. The smallest absolute Gasteiger partial charge is 0.121 e. The van der Waals surface area contributed by atoms with Gasteiger partial charge in [-0.15, -0.1) is 0 Å². The molecule has 0 radical (unpaired) electrons. The van der Waals surface area contributed by atoms with Crippen molar-refractivity contribution in [2.45, 2.75) is 50.0 Å². The average molecular weight is 367 g/mol. The lowest BCUT2D eigenvalue weighted by atomic mass is 9.94. The first kappa shape index (κ1) is 14.4. The zero-order chi connectivity index (χ0) is 13.0. The van der Waals surface area contributed by atoms with Crippen LogP contribution < -0.4 is 3.53 Å². The van der Waals surface area contributed by atoms with Crippen LogP contribution in [-0.2, 0) is 9.47 Å². The fourth-order valence-electron chi connectivity index (χ4n) is 2.51. The Hall–Kier alpha value is 0.0200. The minimum atomic E-state index is -0.229. The molecule has 0 bridgehead atoms. The van der Waals surface area contributed by atoms with Crippen molar-refractivity contribution in [1.82, 2.24) is 3.53 Å². The Labute approximate surface area is 121 Å². The number of hydrogen-bond donors (Lipinski definition) is 1. The van der Waals surface area contributed by atoms with Crippen LogP contribution in [0.15, 0.2) is 24.1 Å². The van der Waals surface area contributed by atoms with E-state index in [9.17, 15) is 4.39 Å². The first-order chi connectivity index (χ1) is 8.72. The normalized spacial score (nSPS) is 36.5. The van der Waals surface area contributed by atoms with Gasteiger partial charge in [0.25, 0.3) is 0 Å². The molecule has 0 saturated heterocycles. The minimum absolute atomic E-state index is 0.0352. The second-order valence-electron chi connectivity index (χ2n) is 4.79. The average Bonchev–Trinajstić information content (AvgIpc) is 2.39. The number of allylic oxidation sites excluding steroid dienone is 2. The van der Waals surface area contributed by atoms with E-state index in [1.54, 1.807) is 13.2 Å². The summed E-state index contributed by atoms with van der Waals surface area (Å²) < 4.78 is 27.8. The van der Waals surface area contributed by atoms with E-state index in [-0.39, 0.29) is 30.2 Å². The predicted molar refractivity (Wildman–Crippen MR) is 77.2 cm³/mol. The van der Waals surface area contributed by atoms with Crippen LogP contribution >= 0.6 is 22.9 Å². The largest absolute Gasteiger partial charge is 0.381 e. The predicted octanol–water partition coefficient (Wildman–Crippen LogP) is 3.06. The van der Waals surface area contributed by atoms with E-state index < -0.39 is 0 Å². The molecule has 2 aliphatic rings. The van der Waals surface area contributed by atoms with Crippen LogP contribution in [-0.4, -0.2) is 31.5 Å². The summed E-state index contributed by atoms with van der Waals surface area (Å²) in [5.41, 5.74) is 0. The highest BCUT2D eigenvalue weighted by atomic mass is 127. The Morgan fingerprint density at radius 3 is 2.89 bits per heavy atom. The summed E-state index contributed by atoms with van der Waals surface area (Å²) in [4.78, 5) is 0. The number of ether oxygens (including phenoxy) is 2. The van der Waals surface area contributed by atoms with E-state index in [2.05, 4.69) is 26.4 Å². The van der Waals surface area contributed by atoms with Crippen LogP contribution in [0.1, 0.15) is 25.7 Å². The minimum Gasteiger partial charge on any atom is -0.381 e. The van der Waals surface area contributed by atoms with Gasteiger partial charge in [-0.3, -0.25) is 3.53 Å². The molecule has 3 nitrogen and oxygen atoms in total. The van der Waals surface area contributed by atoms with Crippen LogP contribution in [0.3, 0.4) is 0 Å². The fraction of sp³-hybridized carbons (Fsp3) is 0.692. The second-order valence-corrected chi connectivity index (χ2v) is 5.42. The molecule has 0 amide bonds. The van der Waals surface area contributed by atoms with E-state index in [0.717, 1.165) is 25.7 Å². The van der Waals surface area contributed by atoms with Crippen molar-refractivity contribution in [3.63, 3.8) is 0 Å². The highest BCUT2D eigenvalue weighted by Gasteiger charge is 2.28. The topological polar surface area (TPSA) is 30.5 Å². The Morgan fingerprint density at radius 2 is 2.17 bits per heavy atom. The molecule has 0 heterocycles. The third-order valence-electron chi connectivity index (χ3n) is 3.53. The lowest BCUT2D eigenvalue weighted by Gasteiger charge is -2.33. The van der Waals surface area contributed by atoms with Gasteiger partial charge in [0.15, 0.2) is 0 Å². The molecule has 4 atom stereocenters. The molecule has 1 N–H and O–H groups in total. The quantitative estimate of drug-likeness (QED) is 0.612. The summed E-state index contributed by atoms with van der Waals surface area (Å²) in [5, 5.41) is 0. The highest BCUT2D eigenvalue weighted by Crippen LogP contribution is 2.26. The standard InChI is InChI=1S/C13H19FINO2/c1-17-10-3-2-4-11(8-10)18-13-7-9(14)5-6-12(13)16-15/h5-7,10-13,16H,2-4,8H2,1H3/t10-,11+,12?,13?/m1/s1. The summed E-state index contributed by atoms with van der Waals surface area (Å²) in [7, 11) is 1.74. The maximum absolute atomic E-state index is 13.3. The Balaban J connectivity index is 1.93. The molecular weight excluding hydrogens is 348 g/mol. The zero-order valence-electron chi connectivity index (χ0n) is 10.4. The molecule has 2 unspecified atom stereocenters. The van der Waals surface area contributed by atoms with E-state index in [4.69, 9.17) is 9.47 Å². The second kappa shape index (κ2) is 6.98. The molecule has 1 fully saturated rings. The molecule has 18 heavy (non-hydrogen) atoms. The number of hydrogen-bond acceptors (Lipinski definition) is 3. The molecule has 0 aromatic rings. The van der Waals surface area contributed by atoms with E-state index in [1.165, 1.54) is 6.08 Å². The van der Waals surface area contributed by atoms with E-state index >= 15 is 0 Å². The fourth-order valence-corrected chi connectivity index (χ4v) is 3.07. The molecule has 2 aliphatic carbocycles. The summed E-state index contributed by atoms with van der Waals surface area (Å²) in [6, 6.07) is 0.0352. The van der Waals surface area contributed by atoms with Crippen molar-refractivity contribution in [3.8, 4) is 0 Å². The van der Waals surface area contributed by atoms with Crippen LogP contribution in [0.2, 0.25) is 0 Å². The van der Waals surface area contributed by atoms with Crippen LogP contribution in [0.5, 0.6) is 0 Å². The van der Waals surface area contributed by atoms with Crippen molar-refractivity contribution < 1.29 is 13.9 Å². The van der Waals surface area contributed by atoms with Crippen LogP contribution in [0, 0.1) is 0 Å². The van der Waals surface area contributed by atoms with Crippen molar-refractivity contribution in [3.05, 3.63) is 24.1 Å². The van der Waals surface area contributed by atoms with Gasteiger partial charge in [0.1, 0.15) is 5.83 Å². The highest BCUT2D eigenvalue weighted by molar-refractivity contribution is 14.1. The molecular formula is C13H19FINO2. The maximum Gasteiger partial charge on any atom is 0.121 e. The third-order valence-corrected chi connectivity index (χ3v) is 4.25. The van der Waals surface area contributed by atoms with Crippen molar-refractivity contribution in [2.75, 3.05) is 7.11 Å². The van der Waals surface area contributed by atoms with Crippen molar-refractivity contribution >= 4 is 22.9 Å². The van der Waals surface area contributed by atoms with Crippen molar-refractivity contribution in [2.24, 2.45) is 0 Å². The zero-order valence-corrected chi connectivity index (χ0v) is 12.6. The first-order valence-electron chi connectivity index (χ1n) is 6.33. The van der Waals surface area contributed by atoms with Gasteiger partial charge >= 0.3 is 0 Å². The molecule has 102 valence electrons. The van der Waals surface area contributed by atoms with Gasteiger partial charge in [0.2, 0.25) is 0 Å². The lowest BCUT2D eigenvalue weighted by Crippen LogP contribution is -2.40. The summed E-state index contributed by atoms with van der Waals surface area (Å²) in [5.74, 6) is -0.220. The molecule has 1 saturated carbocycles. The van der Waals surface area contributed by atoms with E-state index in [0.29, 0.717) is 0 Å². The Kier molecular flexibility index (Phi) is 5.59. The van der Waals surface area contributed by atoms with Gasteiger partial charge in [-0.2, -0.15) is 0 Å². The van der Waals surface area contributed by atoms with Gasteiger partial charge in [0.05, 0.1) is 24.4 Å². The van der Waals surface area contributed by atoms with Crippen molar-refractivity contribution in [1.29, 1.82) is 0 Å². The molecule has 0 aromatic carbocycles. The number of rotatable bonds is 4. The van der Waals surface area contributed by atoms with Gasteiger partial charge in [0, 0.05) is 30.0 Å². The molecule has 0 aromatic heterocycles. The van der Waals surface area contributed by atoms with Gasteiger partial charge < -0.3 is 9.47 Å². The Bertz CT molecular complexity index is 335. The van der Waals surface area contributed by atoms with Gasteiger partial charge in [-0.05, 0) is 37.8 Å². The molecule has 2 rings (SSSR count). The van der Waals surface area contributed by atoms with E-state index in [1.807, 2.05) is 6.08 Å². The summed E-state index contributed by atoms with van der Waals surface area (Å²) in [6.07, 6.45) is 9.19. The summed E-state index contributed by atoms with van der Waals surface area (Å²) >= 11 is 2.08. The molecule has 5 heteroatoms. The molecule has 0 spiro atoms. The number of nitrogens with one attached hydrogen (secondary N) is 1. The maximum atomic E-state index is 13.3. The third kappa shape index (κ3) is 3.76. The first-order valence-corrected chi connectivity index (χ1v) is 7.40. The summed E-state index contributed by atoms with van der Waals surface area (Å²) in [6.45, 7) is 0. The Morgan fingerprint density at radius 1 is 1.39 bits per heavy atom. The van der Waals surface area contributed by atoms with Gasteiger partial charge in [-0.25, -0.2) is 4.39 Å². The SMILES string of the molecule is CO[C@@H]1CCC[C@H](OC2C=C(F)C=CC2NI)C1. The van der Waals surface area contributed by atoms with Gasteiger partial charge in [-0.1, -0.05) is 6.08 Å². The number of methoxy groups -OCH3 is 1. The lowest BCUT2D eigenvalue weighted by molar-refractivity contribution is -0.0544. The van der Waals surface area contributed by atoms with Crippen LogP contribution in [0.4, 0.5) is 4.39 Å².